The molecule has 0 bridgehead atoms. The van der Waals surface area contributed by atoms with Crippen molar-refractivity contribution in [1.82, 2.24) is 34.1 Å². The van der Waals surface area contributed by atoms with E-state index in [4.69, 9.17) is 5.11 Å². The van der Waals surface area contributed by atoms with Gasteiger partial charge in [0, 0.05) is 141 Å². The molecule has 5 aromatic rings. The van der Waals surface area contributed by atoms with E-state index < -0.39 is 45.8 Å². The predicted octanol–water partition coefficient (Wildman–Crippen LogP) is 14.6. The first-order valence-corrected chi connectivity index (χ1v) is 41.7. The van der Waals surface area contributed by atoms with E-state index in [0.29, 0.717) is 48.0 Å². The van der Waals surface area contributed by atoms with Crippen LogP contribution in [0.25, 0.3) is 0 Å². The standard InChI is InChI=1S/C20H32F3N2OP.C18H27F3N2O.C17H29N2OP.C17H26N2Si/c1-19(2,3)17-7-6-16(18(14-17)20(21,22)23)15-25-10-8-24(9-11-25)12-13-27(4,5)26;1-17(2,3)15-5-4-14(16(12-15)18(19,20)21)13-23-8-6-22(7-9-23)10-11-24;1-17(2,3)14-7-8-15(16(13-14)21(5,6)20)19-11-9-18(4)10-12-19;1-17(2,3)15-9-14(12-19-8-7-18-13-19)10-16(11-15)20(4,5)6/h6-7,14H,8-13,15H2,1-5H3;4-5,12,24H,6-11,13H2,1-3H3;7-8,13H,9-12H2,1-6H3;7-11,13H,12H2,1-6H3. The number of halogens is 6. The van der Waals surface area contributed by atoms with Gasteiger partial charge in [-0.15, -0.1) is 0 Å². The van der Waals surface area contributed by atoms with Crippen LogP contribution in [0.5, 0.6) is 0 Å². The second-order valence-corrected chi connectivity index (χ2v) is 43.6. The predicted molar refractivity (Wildman–Crippen MR) is 379 cm³/mol. The van der Waals surface area contributed by atoms with Gasteiger partial charge in [-0.1, -0.05) is 156 Å². The van der Waals surface area contributed by atoms with E-state index in [2.05, 4.69) is 144 Å². The van der Waals surface area contributed by atoms with E-state index in [1.807, 2.05) is 85.7 Å². The molecule has 516 valence electrons. The van der Waals surface area contributed by atoms with Gasteiger partial charge in [-0.25, -0.2) is 4.98 Å². The SMILES string of the molecule is CC(C)(C)c1cc(Cn2ccnc2)cc([Si](C)(C)C)c1.CC(C)(C)c1ccc(CN2CCN(CCO)CC2)c(C(F)(F)F)c1.CC(C)(C)c1ccc(CN2CCN(CCP(C)(C)=O)CC2)c(C(F)(F)F)c1.CN1CCN(c2ccc(C(C)(C)C)cc2P(C)(C)=O)CC1. The van der Waals surface area contributed by atoms with Gasteiger partial charge in [0.15, 0.2) is 0 Å². The van der Waals surface area contributed by atoms with Crippen LogP contribution in [-0.2, 0) is 62.8 Å². The van der Waals surface area contributed by atoms with Crippen LogP contribution in [0.1, 0.15) is 133 Å². The summed E-state index contributed by atoms with van der Waals surface area (Å²) in [4.78, 5) is 17.4. The zero-order chi connectivity index (χ0) is 69.2. The molecule has 1 aromatic heterocycles. The number of likely N-dealkylation sites (N-methyl/N-ethyl adjacent to an activating group) is 1. The highest BCUT2D eigenvalue weighted by atomic mass is 31.2. The molecule has 3 saturated heterocycles. The number of nitrogens with zero attached hydrogens (tertiary/aromatic N) is 8. The zero-order valence-corrected chi connectivity index (χ0v) is 62.4. The topological polar surface area (TPSA) is 91.6 Å². The third-order valence-corrected chi connectivity index (χ3v) is 22.4. The number of alkyl halides is 6. The van der Waals surface area contributed by atoms with Crippen molar-refractivity contribution in [3.05, 3.63) is 142 Å². The largest absolute Gasteiger partial charge is 0.416 e. The molecule has 11 nitrogen and oxygen atoms in total. The van der Waals surface area contributed by atoms with Gasteiger partial charge in [-0.05, 0) is 119 Å². The van der Waals surface area contributed by atoms with Crippen LogP contribution in [0.4, 0.5) is 32.0 Å². The first-order chi connectivity index (χ1) is 42.1. The maximum Gasteiger partial charge on any atom is 0.416 e. The van der Waals surface area contributed by atoms with Gasteiger partial charge in [0.1, 0.15) is 7.14 Å². The van der Waals surface area contributed by atoms with Crippen molar-refractivity contribution >= 4 is 38.5 Å². The number of piperazine rings is 3. The normalized spacial score (nSPS) is 16.9. The summed E-state index contributed by atoms with van der Waals surface area (Å²) in [7, 11) is -3.46. The molecule has 0 radical (unpaired) electrons. The molecular formula is C72H114F6N8O3P2Si. The van der Waals surface area contributed by atoms with E-state index in [9.17, 15) is 35.5 Å². The van der Waals surface area contributed by atoms with E-state index in [1.54, 1.807) is 30.6 Å². The highest BCUT2D eigenvalue weighted by Crippen LogP contribution is 2.42. The van der Waals surface area contributed by atoms with Gasteiger partial charge in [0.05, 0.1) is 39.3 Å². The molecule has 3 aliphatic rings. The summed E-state index contributed by atoms with van der Waals surface area (Å²) in [6.07, 6.45) is -2.24. The van der Waals surface area contributed by atoms with Crippen molar-refractivity contribution in [2.75, 3.05) is 143 Å². The van der Waals surface area contributed by atoms with Crippen LogP contribution in [0.15, 0.2) is 91.5 Å². The third-order valence-electron chi connectivity index (χ3n) is 17.6. The minimum Gasteiger partial charge on any atom is -0.395 e. The number of β-amino-alcohol motifs (C(OH)–C–C–N with tert-alkyl or cyclic N) is 1. The average molecular weight is 1340 g/mol. The molecule has 4 heterocycles. The fourth-order valence-corrected chi connectivity index (χ4v) is 14.4. The third kappa shape index (κ3) is 25.2. The number of hydrogen-bond donors (Lipinski definition) is 1. The molecule has 92 heavy (non-hydrogen) atoms. The molecule has 0 amide bonds. The van der Waals surface area contributed by atoms with Crippen molar-refractivity contribution in [3.8, 4) is 0 Å². The lowest BCUT2D eigenvalue weighted by Gasteiger charge is -2.36. The van der Waals surface area contributed by atoms with E-state index >= 15 is 0 Å². The lowest BCUT2D eigenvalue weighted by Crippen LogP contribution is -2.46. The highest BCUT2D eigenvalue weighted by molar-refractivity contribution is 7.70. The van der Waals surface area contributed by atoms with E-state index in [1.165, 1.54) is 34.5 Å². The maximum atomic E-state index is 13.6. The molecule has 0 aliphatic carbocycles. The molecule has 0 unspecified atom stereocenters. The van der Waals surface area contributed by atoms with Crippen molar-refractivity contribution in [3.63, 3.8) is 0 Å². The smallest absolute Gasteiger partial charge is 0.395 e. The highest BCUT2D eigenvalue weighted by Gasteiger charge is 2.37. The molecule has 4 aromatic carbocycles. The van der Waals surface area contributed by atoms with Gasteiger partial charge in [-0.2, -0.15) is 26.3 Å². The van der Waals surface area contributed by atoms with Crippen LogP contribution >= 0.6 is 14.3 Å². The summed E-state index contributed by atoms with van der Waals surface area (Å²) in [6, 6.07) is 23.2. The van der Waals surface area contributed by atoms with Crippen molar-refractivity contribution in [2.45, 2.75) is 156 Å². The van der Waals surface area contributed by atoms with Crippen LogP contribution in [0, 0.1) is 0 Å². The van der Waals surface area contributed by atoms with E-state index in [-0.39, 0.29) is 28.3 Å². The number of hydrogen-bond acceptors (Lipinski definition) is 10. The minimum atomic E-state index is -4.35. The quantitative estimate of drug-likeness (QED) is 0.0658. The Hall–Kier alpha value is -4.09. The fraction of sp³-hybridized carbons (Fsp3) is 0.625. The molecule has 3 aliphatic heterocycles. The number of anilines is 1. The van der Waals surface area contributed by atoms with Crippen LogP contribution in [0.2, 0.25) is 19.6 Å². The Morgan fingerprint density at radius 1 is 0.511 bits per heavy atom. The second kappa shape index (κ2) is 31.8. The summed E-state index contributed by atoms with van der Waals surface area (Å²) < 4.78 is 108. The van der Waals surface area contributed by atoms with E-state index in [0.717, 1.165) is 96.9 Å². The number of aliphatic hydroxyl groups excluding tert-OH is 1. The average Bonchev–Trinajstić information content (AvgIpc) is 0.828. The van der Waals surface area contributed by atoms with Gasteiger partial charge >= 0.3 is 12.4 Å². The minimum absolute atomic E-state index is 0.0879. The molecule has 0 atom stereocenters. The Labute approximate surface area is 551 Å². The number of imidazole rings is 1. The van der Waals surface area contributed by atoms with Crippen LogP contribution < -0.4 is 15.4 Å². The Bertz CT molecular complexity index is 3180. The zero-order valence-electron chi connectivity index (χ0n) is 59.6. The molecule has 1 N–H and O–H groups in total. The lowest BCUT2D eigenvalue weighted by molar-refractivity contribution is -0.139. The Balaban J connectivity index is 0.000000224. The van der Waals surface area contributed by atoms with Crippen molar-refractivity contribution < 1.29 is 40.6 Å². The van der Waals surface area contributed by atoms with Gasteiger partial charge in [0.2, 0.25) is 0 Å². The Morgan fingerprint density at radius 3 is 1.32 bits per heavy atom. The van der Waals surface area contributed by atoms with Crippen LogP contribution in [0.3, 0.4) is 0 Å². The number of benzene rings is 4. The molecule has 3 fully saturated rings. The van der Waals surface area contributed by atoms with Crippen molar-refractivity contribution in [2.24, 2.45) is 0 Å². The summed E-state index contributed by atoms with van der Waals surface area (Å²) in [5.74, 6) is 0. The van der Waals surface area contributed by atoms with Gasteiger partial charge in [0.25, 0.3) is 0 Å². The first-order valence-electron chi connectivity index (χ1n) is 32.8. The second-order valence-electron chi connectivity index (χ2n) is 31.7. The summed E-state index contributed by atoms with van der Waals surface area (Å²) in [6.45, 7) is 52.9. The van der Waals surface area contributed by atoms with Crippen molar-refractivity contribution in [1.29, 1.82) is 0 Å². The molecular weight excluding hydrogens is 1230 g/mol. The molecule has 0 saturated carbocycles. The summed E-state index contributed by atoms with van der Waals surface area (Å²) >= 11 is 0. The van der Waals surface area contributed by atoms with Crippen LogP contribution in [-0.4, -0.2) is 185 Å². The summed E-state index contributed by atoms with van der Waals surface area (Å²) in [5, 5.41) is 11.5. The number of rotatable bonds is 14. The fourth-order valence-electron chi connectivity index (χ4n) is 11.2. The molecule has 8 rings (SSSR count). The molecule has 20 heteroatoms. The Morgan fingerprint density at radius 2 is 0.935 bits per heavy atom. The summed E-state index contributed by atoms with van der Waals surface area (Å²) in [5.41, 5.74) is 5.95. The van der Waals surface area contributed by atoms with Gasteiger partial charge < -0.3 is 33.5 Å². The van der Waals surface area contributed by atoms with Gasteiger partial charge in [-0.3, -0.25) is 14.7 Å². The maximum absolute atomic E-state index is 13.6. The Kier molecular flexibility index (Phi) is 27.2. The number of aliphatic hydroxyl groups is 1. The molecule has 0 spiro atoms. The number of aromatic nitrogens is 2. The monoisotopic (exact) mass is 1340 g/mol. The lowest BCUT2D eigenvalue weighted by atomic mass is 9.85. The first kappa shape index (κ1) is 78.6.